The highest BCUT2D eigenvalue weighted by molar-refractivity contribution is 7.99. The number of nitrogens with zero attached hydrogens (tertiary/aromatic N) is 5. The summed E-state index contributed by atoms with van der Waals surface area (Å²) < 4.78 is 7.09. The van der Waals surface area contributed by atoms with Crippen LogP contribution in [0.1, 0.15) is 21.2 Å². The number of benzene rings is 2. The van der Waals surface area contributed by atoms with Gasteiger partial charge in [-0.1, -0.05) is 53.4 Å². The summed E-state index contributed by atoms with van der Waals surface area (Å²) in [5, 5.41) is 23.6. The Bertz CT molecular complexity index is 1290. The molecule has 0 spiro atoms. The maximum Gasteiger partial charge on any atom is 0.255 e. The van der Waals surface area contributed by atoms with E-state index in [2.05, 4.69) is 31.0 Å². The van der Waals surface area contributed by atoms with E-state index in [9.17, 15) is 9.59 Å². The van der Waals surface area contributed by atoms with Gasteiger partial charge in [0.05, 0.1) is 25.0 Å². The molecule has 0 saturated carbocycles. The van der Waals surface area contributed by atoms with Crippen molar-refractivity contribution in [3.63, 3.8) is 0 Å². The quantitative estimate of drug-likeness (QED) is 0.340. The lowest BCUT2D eigenvalue weighted by atomic mass is 10.2. The van der Waals surface area contributed by atoms with Crippen LogP contribution in [0.4, 0.5) is 5.13 Å². The molecule has 0 aliphatic rings. The number of thioether (sulfide) groups is 1. The first kappa shape index (κ1) is 23.4. The molecule has 4 rings (SSSR count). The number of para-hydroxylation sites is 2. The molecule has 0 aliphatic heterocycles. The second-order valence-electron chi connectivity index (χ2n) is 6.92. The summed E-state index contributed by atoms with van der Waals surface area (Å²) in [6, 6.07) is 16.5. The van der Waals surface area contributed by atoms with Gasteiger partial charge in [-0.3, -0.25) is 19.5 Å². The van der Waals surface area contributed by atoms with E-state index >= 15 is 0 Å². The fraction of sp³-hybridized carbons (Fsp3) is 0.182. The van der Waals surface area contributed by atoms with Crippen molar-refractivity contribution >= 4 is 40.0 Å². The topological polar surface area (TPSA) is 124 Å². The molecule has 174 valence electrons. The molecule has 12 heteroatoms. The lowest BCUT2D eigenvalue weighted by molar-refractivity contribution is -0.113. The van der Waals surface area contributed by atoms with Crippen LogP contribution >= 0.6 is 23.1 Å². The lowest BCUT2D eigenvalue weighted by Gasteiger charge is -2.12. The molecule has 2 N–H and O–H groups in total. The smallest absolute Gasteiger partial charge is 0.255 e. The fourth-order valence-electron chi connectivity index (χ4n) is 3.06. The molecule has 34 heavy (non-hydrogen) atoms. The molecule has 10 nitrogen and oxygen atoms in total. The van der Waals surface area contributed by atoms with Gasteiger partial charge in [-0.05, 0) is 31.2 Å². The van der Waals surface area contributed by atoms with Crippen molar-refractivity contribution in [3.8, 4) is 11.4 Å². The summed E-state index contributed by atoms with van der Waals surface area (Å²) in [5.74, 6) is 0.599. The van der Waals surface area contributed by atoms with Crippen LogP contribution in [0.2, 0.25) is 0 Å². The number of carbonyl (C=O) groups is 2. The lowest BCUT2D eigenvalue weighted by Crippen LogP contribution is -2.25. The Balaban J connectivity index is 1.49. The van der Waals surface area contributed by atoms with Crippen molar-refractivity contribution in [3.05, 3.63) is 71.0 Å². The van der Waals surface area contributed by atoms with E-state index in [1.807, 2.05) is 41.8 Å². The van der Waals surface area contributed by atoms with Gasteiger partial charge in [0, 0.05) is 5.69 Å². The van der Waals surface area contributed by atoms with Gasteiger partial charge in [0.2, 0.25) is 11.0 Å². The second-order valence-corrected chi connectivity index (χ2v) is 9.04. The fourth-order valence-corrected chi connectivity index (χ4v) is 4.44. The SMILES string of the molecule is COc1ccccc1C(=O)NCc1nnc(SCC(=O)Nc2nnc(C)s2)n1-c1ccccc1. The normalized spacial score (nSPS) is 10.6. The van der Waals surface area contributed by atoms with Gasteiger partial charge in [-0.2, -0.15) is 0 Å². The highest BCUT2D eigenvalue weighted by atomic mass is 32.2. The van der Waals surface area contributed by atoms with E-state index in [4.69, 9.17) is 4.74 Å². The molecule has 0 aliphatic carbocycles. The molecule has 0 atom stereocenters. The Morgan fingerprint density at radius 2 is 1.79 bits per heavy atom. The molecule has 0 radical (unpaired) electrons. The zero-order chi connectivity index (χ0) is 23.9. The average Bonchev–Trinajstić information content (AvgIpc) is 3.47. The average molecular weight is 496 g/mol. The van der Waals surface area contributed by atoms with Crippen molar-refractivity contribution in [2.75, 3.05) is 18.2 Å². The first-order valence-corrected chi connectivity index (χ1v) is 12.0. The summed E-state index contributed by atoms with van der Waals surface area (Å²) in [5.41, 5.74) is 1.24. The van der Waals surface area contributed by atoms with Crippen molar-refractivity contribution in [2.24, 2.45) is 0 Å². The van der Waals surface area contributed by atoms with Crippen molar-refractivity contribution in [2.45, 2.75) is 18.6 Å². The van der Waals surface area contributed by atoms with Gasteiger partial charge in [0.15, 0.2) is 11.0 Å². The van der Waals surface area contributed by atoms with E-state index in [1.54, 1.807) is 24.3 Å². The number of hydrogen-bond acceptors (Lipinski definition) is 9. The summed E-state index contributed by atoms with van der Waals surface area (Å²) in [6.45, 7) is 1.95. The number of aromatic nitrogens is 5. The number of hydrogen-bond donors (Lipinski definition) is 2. The van der Waals surface area contributed by atoms with Gasteiger partial charge in [0.1, 0.15) is 10.8 Å². The third kappa shape index (κ3) is 5.58. The monoisotopic (exact) mass is 495 g/mol. The van der Waals surface area contributed by atoms with Gasteiger partial charge >= 0.3 is 0 Å². The third-order valence-electron chi connectivity index (χ3n) is 4.58. The highest BCUT2D eigenvalue weighted by Crippen LogP contribution is 2.23. The van der Waals surface area contributed by atoms with E-state index in [0.29, 0.717) is 27.4 Å². The molecule has 2 aromatic carbocycles. The van der Waals surface area contributed by atoms with Crippen LogP contribution in [0.25, 0.3) is 5.69 Å². The number of amides is 2. The predicted molar refractivity (Wildman–Crippen MR) is 130 cm³/mol. The summed E-state index contributed by atoms with van der Waals surface area (Å²) in [4.78, 5) is 25.1. The minimum atomic E-state index is -0.291. The molecule has 2 aromatic heterocycles. The Labute approximate surface area is 203 Å². The summed E-state index contributed by atoms with van der Waals surface area (Å²) in [6.07, 6.45) is 0. The molecule has 2 amide bonds. The molecule has 0 bridgehead atoms. The zero-order valence-corrected chi connectivity index (χ0v) is 20.0. The van der Waals surface area contributed by atoms with Crippen LogP contribution in [0.3, 0.4) is 0 Å². The molecule has 0 fully saturated rings. The molecule has 4 aromatic rings. The van der Waals surface area contributed by atoms with Crippen LogP contribution in [0.15, 0.2) is 59.8 Å². The third-order valence-corrected chi connectivity index (χ3v) is 6.26. The standard InChI is InChI=1S/C22H21N7O3S2/c1-14-25-27-21(34-14)24-19(30)13-33-22-28-26-18(29(22)15-8-4-3-5-9-15)12-23-20(31)16-10-6-7-11-17(16)32-2/h3-11H,12-13H2,1-2H3,(H,23,31)(H,24,27,30). The van der Waals surface area contributed by atoms with Gasteiger partial charge in [-0.15, -0.1) is 20.4 Å². The Morgan fingerprint density at radius 1 is 1.03 bits per heavy atom. The van der Waals surface area contributed by atoms with Crippen LogP contribution in [0.5, 0.6) is 5.75 Å². The molecule has 0 unspecified atom stereocenters. The van der Waals surface area contributed by atoms with Crippen LogP contribution < -0.4 is 15.4 Å². The van der Waals surface area contributed by atoms with Crippen molar-refractivity contribution < 1.29 is 14.3 Å². The highest BCUT2D eigenvalue weighted by Gasteiger charge is 2.18. The van der Waals surface area contributed by atoms with E-state index in [1.165, 1.54) is 30.2 Å². The van der Waals surface area contributed by atoms with Gasteiger partial charge < -0.3 is 10.1 Å². The second kappa shape index (κ2) is 10.9. The van der Waals surface area contributed by atoms with E-state index in [0.717, 1.165) is 10.7 Å². The number of rotatable bonds is 9. The zero-order valence-electron chi connectivity index (χ0n) is 18.4. The van der Waals surface area contributed by atoms with Crippen LogP contribution in [-0.2, 0) is 11.3 Å². The molecular formula is C22H21N7O3S2. The molecular weight excluding hydrogens is 474 g/mol. The van der Waals surface area contributed by atoms with Gasteiger partial charge in [-0.25, -0.2) is 0 Å². The van der Waals surface area contributed by atoms with Crippen molar-refractivity contribution in [1.82, 2.24) is 30.3 Å². The summed E-state index contributed by atoms with van der Waals surface area (Å²) >= 11 is 2.54. The summed E-state index contributed by atoms with van der Waals surface area (Å²) in [7, 11) is 1.52. The minimum absolute atomic E-state index is 0.108. The molecule has 0 saturated heterocycles. The predicted octanol–water partition coefficient (Wildman–Crippen LogP) is 3.10. The Kier molecular flexibility index (Phi) is 7.50. The number of nitrogens with one attached hydrogen (secondary N) is 2. The largest absolute Gasteiger partial charge is 0.496 e. The Morgan fingerprint density at radius 3 is 2.53 bits per heavy atom. The molecule has 2 heterocycles. The number of aryl methyl sites for hydroxylation is 1. The van der Waals surface area contributed by atoms with Crippen LogP contribution in [0, 0.1) is 6.92 Å². The minimum Gasteiger partial charge on any atom is -0.496 e. The first-order chi connectivity index (χ1) is 16.5. The first-order valence-electron chi connectivity index (χ1n) is 10.2. The van der Waals surface area contributed by atoms with Crippen molar-refractivity contribution in [1.29, 1.82) is 0 Å². The number of carbonyl (C=O) groups excluding carboxylic acids is 2. The Hall–Kier alpha value is -3.77. The number of ether oxygens (including phenoxy) is 1. The number of anilines is 1. The number of methoxy groups -OCH3 is 1. The maximum absolute atomic E-state index is 12.7. The van der Waals surface area contributed by atoms with E-state index in [-0.39, 0.29) is 24.1 Å². The van der Waals surface area contributed by atoms with Crippen LogP contribution in [-0.4, -0.2) is 49.6 Å². The van der Waals surface area contributed by atoms with E-state index < -0.39 is 0 Å². The van der Waals surface area contributed by atoms with Gasteiger partial charge in [0.25, 0.3) is 5.91 Å². The maximum atomic E-state index is 12.7.